The number of aromatic nitrogens is 3. The minimum Gasteiger partial charge on any atom is -0.317 e. The molecule has 0 aliphatic carbocycles. The third-order valence-electron chi connectivity index (χ3n) is 1.16. The average molecular weight is 271 g/mol. The van der Waals surface area contributed by atoms with Crippen molar-refractivity contribution in [3.63, 3.8) is 0 Å². The van der Waals surface area contributed by atoms with Gasteiger partial charge in [-0.05, 0) is 6.92 Å². The highest BCUT2D eigenvalue weighted by molar-refractivity contribution is 9.08. The molecule has 1 rings (SSSR count). The van der Waals surface area contributed by atoms with Gasteiger partial charge in [-0.15, -0.1) is 27.2 Å². The first kappa shape index (κ1) is 10.1. The molecule has 10 heavy (non-hydrogen) atoms. The van der Waals surface area contributed by atoms with Gasteiger partial charge in [-0.3, -0.25) is 0 Å². The first-order chi connectivity index (χ1) is 4.38. The average Bonchev–Trinajstić information content (AvgIpc) is 2.33. The van der Waals surface area contributed by atoms with E-state index in [4.69, 9.17) is 0 Å². The number of hydrogen-bond donors (Lipinski definition) is 0. The van der Waals surface area contributed by atoms with Crippen LogP contribution in [-0.2, 0) is 11.9 Å². The van der Waals surface area contributed by atoms with Gasteiger partial charge in [-0.1, -0.05) is 15.9 Å². The molecule has 1 aromatic rings. The molecule has 0 aliphatic rings. The Kier molecular flexibility index (Phi) is 4.89. The van der Waals surface area contributed by atoms with Gasteiger partial charge in [-0.25, -0.2) is 0 Å². The number of rotatable bonds is 2. The van der Waals surface area contributed by atoms with Gasteiger partial charge < -0.3 is 4.57 Å². The molecule has 58 valence electrons. The Balaban J connectivity index is 0.000000810. The summed E-state index contributed by atoms with van der Waals surface area (Å²) in [6, 6.07) is 0. The van der Waals surface area contributed by atoms with Crippen LogP contribution >= 0.6 is 32.9 Å². The lowest BCUT2D eigenvalue weighted by Gasteiger charge is -1.96. The zero-order valence-corrected chi connectivity index (χ0v) is 8.92. The van der Waals surface area contributed by atoms with Crippen LogP contribution in [-0.4, -0.2) is 14.8 Å². The predicted molar refractivity (Wildman–Crippen MR) is 48.6 cm³/mol. The van der Waals surface area contributed by atoms with Crippen LogP contribution in [0.3, 0.4) is 0 Å². The third kappa shape index (κ3) is 2.05. The Morgan fingerprint density at radius 2 is 2.40 bits per heavy atom. The van der Waals surface area contributed by atoms with E-state index < -0.39 is 0 Å². The maximum Gasteiger partial charge on any atom is 0.143 e. The summed E-state index contributed by atoms with van der Waals surface area (Å²) < 4.78 is 1.99. The van der Waals surface area contributed by atoms with Crippen LogP contribution in [0, 0.1) is 0 Å². The van der Waals surface area contributed by atoms with Crippen molar-refractivity contribution in [2.45, 2.75) is 18.8 Å². The molecule has 0 saturated heterocycles. The predicted octanol–water partition coefficient (Wildman–Crippen LogP) is 1.77. The topological polar surface area (TPSA) is 30.7 Å². The second kappa shape index (κ2) is 4.85. The number of alkyl halides is 1. The lowest BCUT2D eigenvalue weighted by Crippen LogP contribution is -1.96. The molecule has 0 unspecified atom stereocenters. The monoisotopic (exact) mass is 269 g/mol. The Morgan fingerprint density at radius 1 is 1.70 bits per heavy atom. The maximum atomic E-state index is 3.87. The van der Waals surface area contributed by atoms with Gasteiger partial charge in [0.15, 0.2) is 0 Å². The van der Waals surface area contributed by atoms with Crippen molar-refractivity contribution in [2.24, 2.45) is 0 Å². The van der Waals surface area contributed by atoms with Crippen LogP contribution in [0.25, 0.3) is 0 Å². The molecule has 0 bridgehead atoms. The summed E-state index contributed by atoms with van der Waals surface area (Å²) in [7, 11) is 0. The number of aryl methyl sites for hydroxylation is 1. The van der Waals surface area contributed by atoms with E-state index >= 15 is 0 Å². The third-order valence-corrected chi connectivity index (χ3v) is 1.66. The summed E-state index contributed by atoms with van der Waals surface area (Å²) in [5.41, 5.74) is 0. The molecule has 0 aliphatic heterocycles. The number of halogens is 2. The molecule has 0 spiro atoms. The van der Waals surface area contributed by atoms with Gasteiger partial charge in [0.2, 0.25) is 0 Å². The normalized spacial score (nSPS) is 9.00. The van der Waals surface area contributed by atoms with Gasteiger partial charge in [0.05, 0.1) is 5.33 Å². The van der Waals surface area contributed by atoms with Crippen LogP contribution in [0.15, 0.2) is 6.33 Å². The van der Waals surface area contributed by atoms with E-state index in [0.29, 0.717) is 0 Å². The van der Waals surface area contributed by atoms with Crippen molar-refractivity contribution >= 4 is 32.9 Å². The Labute approximate surface area is 78.7 Å². The largest absolute Gasteiger partial charge is 0.317 e. The molecule has 0 amide bonds. The molecule has 0 N–H and O–H groups in total. The lowest BCUT2D eigenvalue weighted by atomic mass is 10.6. The molecule has 0 saturated carbocycles. The highest BCUT2D eigenvalue weighted by atomic mass is 79.9. The van der Waals surface area contributed by atoms with E-state index in [9.17, 15) is 0 Å². The van der Waals surface area contributed by atoms with Gasteiger partial charge in [-0.2, -0.15) is 0 Å². The molecule has 0 aromatic carbocycles. The van der Waals surface area contributed by atoms with Crippen LogP contribution in [0.5, 0.6) is 0 Å². The first-order valence-corrected chi connectivity index (χ1v) is 3.93. The van der Waals surface area contributed by atoms with Crippen molar-refractivity contribution in [1.29, 1.82) is 0 Å². The van der Waals surface area contributed by atoms with Crippen molar-refractivity contribution in [1.82, 2.24) is 14.8 Å². The summed E-state index contributed by atoms with van der Waals surface area (Å²) >= 11 is 3.30. The molecule has 0 atom stereocenters. The maximum absolute atomic E-state index is 3.87. The molecule has 5 heteroatoms. The molecule has 0 radical (unpaired) electrons. The zero-order valence-electron chi connectivity index (χ0n) is 5.62. The summed E-state index contributed by atoms with van der Waals surface area (Å²) in [5, 5.41) is 8.40. The highest BCUT2D eigenvalue weighted by Gasteiger charge is 1.96. The molecular weight excluding hydrogens is 262 g/mol. The fraction of sp³-hybridized carbons (Fsp3) is 0.600. The molecule has 3 nitrogen and oxygen atoms in total. The quantitative estimate of drug-likeness (QED) is 0.767. The fourth-order valence-corrected chi connectivity index (χ4v) is 1.08. The van der Waals surface area contributed by atoms with E-state index in [1.165, 1.54) is 0 Å². The number of nitrogens with zero attached hydrogens (tertiary/aromatic N) is 3. The minimum atomic E-state index is 0. The van der Waals surface area contributed by atoms with Gasteiger partial charge in [0, 0.05) is 6.54 Å². The minimum absolute atomic E-state index is 0. The van der Waals surface area contributed by atoms with Crippen molar-refractivity contribution in [3.05, 3.63) is 12.2 Å². The summed E-state index contributed by atoms with van der Waals surface area (Å²) in [4.78, 5) is 0. The van der Waals surface area contributed by atoms with Crippen LogP contribution in [0.4, 0.5) is 0 Å². The second-order valence-electron chi connectivity index (χ2n) is 1.67. The van der Waals surface area contributed by atoms with Crippen molar-refractivity contribution in [2.75, 3.05) is 0 Å². The Bertz CT molecular complexity index is 168. The first-order valence-electron chi connectivity index (χ1n) is 2.81. The van der Waals surface area contributed by atoms with E-state index in [1.807, 2.05) is 4.57 Å². The van der Waals surface area contributed by atoms with Crippen LogP contribution < -0.4 is 0 Å². The summed E-state index contributed by atoms with van der Waals surface area (Å²) in [5.74, 6) is 0.984. The highest BCUT2D eigenvalue weighted by Crippen LogP contribution is 1.99. The summed E-state index contributed by atoms with van der Waals surface area (Å²) in [6.45, 7) is 3.00. The Morgan fingerprint density at radius 3 is 2.80 bits per heavy atom. The molecule has 1 heterocycles. The van der Waals surface area contributed by atoms with Gasteiger partial charge in [0.1, 0.15) is 12.2 Å². The fourth-order valence-electron chi connectivity index (χ4n) is 0.647. The zero-order chi connectivity index (χ0) is 6.69. The smallest absolute Gasteiger partial charge is 0.143 e. The lowest BCUT2D eigenvalue weighted by molar-refractivity contribution is 0.726. The number of hydrogen-bond acceptors (Lipinski definition) is 2. The molecular formula is C5H9Br2N3. The van der Waals surface area contributed by atoms with E-state index in [2.05, 4.69) is 33.1 Å². The van der Waals surface area contributed by atoms with Crippen molar-refractivity contribution < 1.29 is 0 Å². The van der Waals surface area contributed by atoms with Gasteiger partial charge >= 0.3 is 0 Å². The van der Waals surface area contributed by atoms with Crippen LogP contribution in [0.2, 0.25) is 0 Å². The SMILES string of the molecule is Br.CCn1cnnc1CBr. The Hall–Kier alpha value is 0.1000. The molecule has 1 aromatic heterocycles. The van der Waals surface area contributed by atoms with Crippen LogP contribution in [0.1, 0.15) is 12.7 Å². The second-order valence-corrected chi connectivity index (χ2v) is 2.23. The standard InChI is InChI=1S/C5H8BrN3.BrH/c1-2-9-4-7-8-5(9)3-6;/h4H,2-3H2,1H3;1H. The van der Waals surface area contributed by atoms with Gasteiger partial charge in [0.25, 0.3) is 0 Å². The van der Waals surface area contributed by atoms with E-state index in [-0.39, 0.29) is 17.0 Å². The molecule has 0 fully saturated rings. The van der Waals surface area contributed by atoms with Crippen molar-refractivity contribution in [3.8, 4) is 0 Å². The van der Waals surface area contributed by atoms with E-state index in [1.54, 1.807) is 6.33 Å². The van der Waals surface area contributed by atoms with E-state index in [0.717, 1.165) is 17.7 Å². The summed E-state index contributed by atoms with van der Waals surface area (Å²) in [6.07, 6.45) is 1.73.